The zero-order valence-electron chi connectivity index (χ0n) is 11.2. The molecule has 1 aromatic rings. The second-order valence-electron chi connectivity index (χ2n) is 5.48. The van der Waals surface area contributed by atoms with Crippen LogP contribution in [0.1, 0.15) is 44.2 Å². The van der Waals surface area contributed by atoms with Crippen LogP contribution in [0.25, 0.3) is 0 Å². The highest BCUT2D eigenvalue weighted by Crippen LogP contribution is 2.41. The van der Waals surface area contributed by atoms with Gasteiger partial charge in [0.25, 0.3) is 0 Å². The van der Waals surface area contributed by atoms with Crippen molar-refractivity contribution in [3.05, 3.63) is 35.6 Å². The van der Waals surface area contributed by atoms with Gasteiger partial charge in [-0.2, -0.15) is 0 Å². The van der Waals surface area contributed by atoms with Crippen LogP contribution in [0.5, 0.6) is 0 Å². The van der Waals surface area contributed by atoms with Gasteiger partial charge in [0, 0.05) is 7.11 Å². The van der Waals surface area contributed by atoms with Crippen LogP contribution in [-0.4, -0.2) is 12.7 Å². The van der Waals surface area contributed by atoms with Gasteiger partial charge in [-0.3, -0.25) is 0 Å². The number of ether oxygens (including phenoxy) is 1. The van der Waals surface area contributed by atoms with E-state index < -0.39 is 0 Å². The Hall–Kier alpha value is -0.930. The van der Waals surface area contributed by atoms with E-state index in [-0.39, 0.29) is 17.5 Å². The summed E-state index contributed by atoms with van der Waals surface area (Å²) >= 11 is 0. The Morgan fingerprint density at radius 3 is 2.61 bits per heavy atom. The first-order chi connectivity index (χ1) is 8.57. The molecule has 1 atom stereocenters. The molecular formula is C15H22FNO. The zero-order valence-corrected chi connectivity index (χ0v) is 11.2. The standard InChI is InChI=1S/C15H22FNO/c1-11-6-8-15(18-2,9-7-11)14(17)12-4-3-5-13(16)10-12/h3-5,10-11,14H,6-9,17H2,1-2H3. The summed E-state index contributed by atoms with van der Waals surface area (Å²) in [5.74, 6) is 0.492. The SMILES string of the molecule is COC1(C(N)c2cccc(F)c2)CCC(C)CC1. The Morgan fingerprint density at radius 2 is 2.06 bits per heavy atom. The highest BCUT2D eigenvalue weighted by molar-refractivity contribution is 5.23. The molecule has 2 rings (SSSR count). The summed E-state index contributed by atoms with van der Waals surface area (Å²) in [6.07, 6.45) is 4.14. The van der Waals surface area contributed by atoms with E-state index in [9.17, 15) is 4.39 Å². The Bertz CT molecular complexity index is 399. The van der Waals surface area contributed by atoms with Gasteiger partial charge >= 0.3 is 0 Å². The molecule has 0 bridgehead atoms. The number of hydrogen-bond donors (Lipinski definition) is 1. The normalized spacial score (nSPS) is 30.1. The summed E-state index contributed by atoms with van der Waals surface area (Å²) in [4.78, 5) is 0. The van der Waals surface area contributed by atoms with Crippen LogP contribution in [0.15, 0.2) is 24.3 Å². The van der Waals surface area contributed by atoms with Crippen LogP contribution in [-0.2, 0) is 4.74 Å². The Morgan fingerprint density at radius 1 is 1.39 bits per heavy atom. The van der Waals surface area contributed by atoms with Crippen molar-refractivity contribution < 1.29 is 9.13 Å². The molecule has 0 spiro atoms. The fraction of sp³-hybridized carbons (Fsp3) is 0.600. The number of benzene rings is 1. The number of halogens is 1. The van der Waals surface area contributed by atoms with E-state index in [2.05, 4.69) is 6.92 Å². The van der Waals surface area contributed by atoms with E-state index in [1.165, 1.54) is 12.1 Å². The highest BCUT2D eigenvalue weighted by atomic mass is 19.1. The minimum absolute atomic E-state index is 0.238. The Balaban J connectivity index is 2.22. The molecule has 0 aromatic heterocycles. The monoisotopic (exact) mass is 251 g/mol. The van der Waals surface area contributed by atoms with Crippen LogP contribution in [0.4, 0.5) is 4.39 Å². The van der Waals surface area contributed by atoms with Gasteiger partial charge < -0.3 is 10.5 Å². The summed E-state index contributed by atoms with van der Waals surface area (Å²) in [7, 11) is 1.72. The van der Waals surface area contributed by atoms with Crippen LogP contribution >= 0.6 is 0 Å². The van der Waals surface area contributed by atoms with Gasteiger partial charge in [-0.05, 0) is 49.3 Å². The molecular weight excluding hydrogens is 229 g/mol. The summed E-state index contributed by atoms with van der Waals surface area (Å²) in [5, 5.41) is 0. The molecule has 2 N–H and O–H groups in total. The minimum Gasteiger partial charge on any atom is -0.376 e. The highest BCUT2D eigenvalue weighted by Gasteiger charge is 2.40. The molecule has 1 unspecified atom stereocenters. The largest absolute Gasteiger partial charge is 0.376 e. The van der Waals surface area contributed by atoms with Crippen molar-refractivity contribution in [1.82, 2.24) is 0 Å². The van der Waals surface area contributed by atoms with Gasteiger partial charge in [0.1, 0.15) is 5.82 Å². The maximum absolute atomic E-state index is 13.3. The first-order valence-electron chi connectivity index (χ1n) is 6.63. The van der Waals surface area contributed by atoms with Crippen LogP contribution in [0.2, 0.25) is 0 Å². The predicted octanol–water partition coefficient (Wildman–Crippen LogP) is 3.42. The Labute approximate surface area is 108 Å². The van der Waals surface area contributed by atoms with Crippen molar-refractivity contribution in [3.8, 4) is 0 Å². The summed E-state index contributed by atoms with van der Waals surface area (Å²) in [6, 6.07) is 6.29. The number of hydrogen-bond acceptors (Lipinski definition) is 2. The molecule has 1 fully saturated rings. The molecule has 0 saturated heterocycles. The van der Waals surface area contributed by atoms with E-state index in [0.717, 1.165) is 37.2 Å². The van der Waals surface area contributed by atoms with Crippen molar-refractivity contribution >= 4 is 0 Å². The average molecular weight is 251 g/mol. The van der Waals surface area contributed by atoms with Gasteiger partial charge in [-0.1, -0.05) is 19.1 Å². The van der Waals surface area contributed by atoms with Gasteiger partial charge in [0.05, 0.1) is 11.6 Å². The van der Waals surface area contributed by atoms with Crippen molar-refractivity contribution in [2.75, 3.05) is 7.11 Å². The maximum Gasteiger partial charge on any atom is 0.123 e. The zero-order chi connectivity index (χ0) is 13.2. The quantitative estimate of drug-likeness (QED) is 0.893. The molecule has 3 heteroatoms. The molecule has 100 valence electrons. The first-order valence-corrected chi connectivity index (χ1v) is 6.63. The van der Waals surface area contributed by atoms with Gasteiger partial charge in [-0.25, -0.2) is 4.39 Å². The maximum atomic E-state index is 13.3. The second kappa shape index (κ2) is 5.37. The molecule has 18 heavy (non-hydrogen) atoms. The smallest absolute Gasteiger partial charge is 0.123 e. The van der Waals surface area contributed by atoms with Gasteiger partial charge in [0.2, 0.25) is 0 Å². The van der Waals surface area contributed by atoms with Gasteiger partial charge in [-0.15, -0.1) is 0 Å². The lowest BCUT2D eigenvalue weighted by Crippen LogP contribution is -2.45. The summed E-state index contributed by atoms with van der Waals surface area (Å²) < 4.78 is 19.0. The van der Waals surface area contributed by atoms with Crippen LogP contribution < -0.4 is 5.73 Å². The lowest BCUT2D eigenvalue weighted by molar-refractivity contribution is -0.0672. The molecule has 1 aliphatic rings. The molecule has 0 heterocycles. The molecule has 1 aromatic carbocycles. The Kier molecular flexibility index (Phi) is 4.03. The third-order valence-corrected chi connectivity index (χ3v) is 4.30. The third kappa shape index (κ3) is 2.57. The average Bonchev–Trinajstić information content (AvgIpc) is 2.39. The summed E-state index contributed by atoms with van der Waals surface area (Å²) in [6.45, 7) is 2.26. The third-order valence-electron chi connectivity index (χ3n) is 4.30. The van der Waals surface area contributed by atoms with Crippen molar-refractivity contribution in [1.29, 1.82) is 0 Å². The number of methoxy groups -OCH3 is 1. The first kappa shape index (κ1) is 13.5. The molecule has 0 aliphatic heterocycles. The number of rotatable bonds is 3. The van der Waals surface area contributed by atoms with Crippen LogP contribution in [0, 0.1) is 11.7 Å². The van der Waals surface area contributed by atoms with E-state index in [1.807, 2.05) is 6.07 Å². The molecule has 2 nitrogen and oxygen atoms in total. The van der Waals surface area contributed by atoms with Crippen LogP contribution in [0.3, 0.4) is 0 Å². The fourth-order valence-electron chi connectivity index (χ4n) is 2.90. The minimum atomic E-state index is -0.333. The lowest BCUT2D eigenvalue weighted by Gasteiger charge is -2.42. The fourth-order valence-corrected chi connectivity index (χ4v) is 2.90. The van der Waals surface area contributed by atoms with Crippen molar-refractivity contribution in [3.63, 3.8) is 0 Å². The second-order valence-corrected chi connectivity index (χ2v) is 5.48. The molecule has 1 saturated carbocycles. The summed E-state index contributed by atoms with van der Waals surface area (Å²) in [5.41, 5.74) is 6.83. The molecule has 0 radical (unpaired) electrons. The van der Waals surface area contributed by atoms with Crippen molar-refractivity contribution in [2.45, 2.75) is 44.2 Å². The van der Waals surface area contributed by atoms with E-state index in [0.29, 0.717) is 0 Å². The molecule has 0 amide bonds. The lowest BCUT2D eigenvalue weighted by atomic mass is 9.74. The number of nitrogens with two attached hydrogens (primary N) is 1. The topological polar surface area (TPSA) is 35.2 Å². The van der Waals surface area contributed by atoms with E-state index in [4.69, 9.17) is 10.5 Å². The van der Waals surface area contributed by atoms with Crippen molar-refractivity contribution in [2.24, 2.45) is 11.7 Å². The van der Waals surface area contributed by atoms with E-state index >= 15 is 0 Å². The van der Waals surface area contributed by atoms with Gasteiger partial charge in [0.15, 0.2) is 0 Å². The van der Waals surface area contributed by atoms with E-state index in [1.54, 1.807) is 13.2 Å². The molecule has 1 aliphatic carbocycles. The predicted molar refractivity (Wildman–Crippen MR) is 70.7 cm³/mol.